The molecule has 2 heterocycles. The average Bonchev–Trinajstić information content (AvgIpc) is 2.68. The number of amides is 3. The second kappa shape index (κ2) is 7.50. The molecular weight excluding hydrogens is 295 g/mol. The van der Waals surface area contributed by atoms with Crippen LogP contribution in [-0.4, -0.2) is 46.2 Å². The van der Waals surface area contributed by atoms with Crippen LogP contribution in [0.1, 0.15) is 6.92 Å². The Morgan fingerprint density at radius 3 is 2.63 bits per heavy atom. The number of carbonyl (C=O) groups is 2. The van der Waals surface area contributed by atoms with Crippen LogP contribution in [0.5, 0.6) is 0 Å². The summed E-state index contributed by atoms with van der Waals surface area (Å²) in [6.07, 6.45) is 1.82. The van der Waals surface area contributed by atoms with Crippen molar-refractivity contribution in [3.63, 3.8) is 0 Å². The van der Waals surface area contributed by atoms with Gasteiger partial charge in [0.15, 0.2) is 17.1 Å². The minimum Gasteiger partial charge on any atom is -0.373 e. The number of nitrogens with one attached hydrogen (secondary N) is 1. The molecule has 0 aromatic carbocycles. The SMILES string of the molecule is CCNc1nc(SC)nc(N2CC(=O)[N-]C2=O)n1.[K+]. The number of anilines is 2. The van der Waals surface area contributed by atoms with E-state index in [1.54, 1.807) is 0 Å². The summed E-state index contributed by atoms with van der Waals surface area (Å²) in [7, 11) is 0. The minimum absolute atomic E-state index is 0. The van der Waals surface area contributed by atoms with Gasteiger partial charge in [-0.05, 0) is 13.2 Å². The summed E-state index contributed by atoms with van der Waals surface area (Å²) in [4.78, 5) is 36.0. The molecule has 10 heteroatoms. The summed E-state index contributed by atoms with van der Waals surface area (Å²) < 4.78 is 0. The van der Waals surface area contributed by atoms with E-state index in [1.807, 2.05) is 13.2 Å². The minimum atomic E-state index is -0.638. The van der Waals surface area contributed by atoms with Crippen molar-refractivity contribution in [2.24, 2.45) is 0 Å². The van der Waals surface area contributed by atoms with Crippen LogP contribution < -0.4 is 61.6 Å². The molecule has 0 spiro atoms. The third-order valence-electron chi connectivity index (χ3n) is 2.11. The van der Waals surface area contributed by atoms with Crippen molar-refractivity contribution in [3.8, 4) is 0 Å². The molecule has 1 aliphatic rings. The normalized spacial score (nSPS) is 14.1. The number of rotatable bonds is 4. The largest absolute Gasteiger partial charge is 1.00 e. The van der Waals surface area contributed by atoms with Gasteiger partial charge >= 0.3 is 51.4 Å². The van der Waals surface area contributed by atoms with E-state index >= 15 is 0 Å². The monoisotopic (exact) mass is 306 g/mol. The quantitative estimate of drug-likeness (QED) is 0.385. The topological polar surface area (TPSA) is 102 Å². The van der Waals surface area contributed by atoms with Crippen LogP contribution in [0.15, 0.2) is 5.16 Å². The zero-order valence-corrected chi connectivity index (χ0v) is 14.8. The van der Waals surface area contributed by atoms with E-state index in [1.165, 1.54) is 11.8 Å². The van der Waals surface area contributed by atoms with E-state index < -0.39 is 11.9 Å². The fourth-order valence-corrected chi connectivity index (χ4v) is 1.71. The molecule has 1 fully saturated rings. The van der Waals surface area contributed by atoms with Gasteiger partial charge in [-0.25, -0.2) is 4.98 Å². The fourth-order valence-electron chi connectivity index (χ4n) is 1.36. The number of imide groups is 1. The predicted octanol–water partition coefficient (Wildman–Crippen LogP) is -2.13. The zero-order chi connectivity index (χ0) is 13.1. The summed E-state index contributed by atoms with van der Waals surface area (Å²) in [5, 5.41) is 6.72. The number of aromatic nitrogens is 3. The van der Waals surface area contributed by atoms with Crippen LogP contribution in [-0.2, 0) is 4.79 Å². The van der Waals surface area contributed by atoms with E-state index in [0.29, 0.717) is 17.6 Å². The molecule has 0 saturated carbocycles. The molecule has 96 valence electrons. The summed E-state index contributed by atoms with van der Waals surface area (Å²) >= 11 is 1.33. The van der Waals surface area contributed by atoms with Crippen LogP contribution in [0, 0.1) is 0 Å². The van der Waals surface area contributed by atoms with Crippen molar-refractivity contribution in [1.29, 1.82) is 0 Å². The smallest absolute Gasteiger partial charge is 0.373 e. The Morgan fingerprint density at radius 1 is 1.37 bits per heavy atom. The van der Waals surface area contributed by atoms with Gasteiger partial charge in [0, 0.05) is 13.1 Å². The zero-order valence-electron chi connectivity index (χ0n) is 10.9. The van der Waals surface area contributed by atoms with Crippen LogP contribution in [0.3, 0.4) is 0 Å². The van der Waals surface area contributed by atoms with E-state index in [4.69, 9.17) is 0 Å². The first-order chi connectivity index (χ1) is 8.63. The molecule has 8 nitrogen and oxygen atoms in total. The fraction of sp³-hybridized carbons (Fsp3) is 0.444. The Balaban J connectivity index is 0.00000180. The third kappa shape index (κ3) is 4.10. The molecule has 19 heavy (non-hydrogen) atoms. The summed E-state index contributed by atoms with van der Waals surface area (Å²) in [5.41, 5.74) is 0. The second-order valence-electron chi connectivity index (χ2n) is 3.35. The number of hydrogen-bond acceptors (Lipinski definition) is 7. The first-order valence-electron chi connectivity index (χ1n) is 5.24. The molecule has 1 aromatic heterocycles. The van der Waals surface area contributed by atoms with E-state index in [9.17, 15) is 9.59 Å². The second-order valence-corrected chi connectivity index (χ2v) is 4.12. The number of nitrogens with zero attached hydrogens (tertiary/aromatic N) is 5. The van der Waals surface area contributed by atoms with Gasteiger partial charge in [0.05, 0.1) is 0 Å². The van der Waals surface area contributed by atoms with Crippen LogP contribution in [0.2, 0.25) is 0 Å². The molecular formula is C9H11KN6O2S. The molecule has 2 rings (SSSR count). The van der Waals surface area contributed by atoms with Crippen molar-refractivity contribution in [2.75, 3.05) is 29.6 Å². The molecule has 1 N–H and O–H groups in total. The number of carbonyl (C=O) groups excluding carboxylic acids is 2. The Hall–Kier alpha value is -0.264. The number of thioether (sulfide) groups is 1. The van der Waals surface area contributed by atoms with Crippen LogP contribution >= 0.6 is 11.8 Å². The van der Waals surface area contributed by atoms with Crippen molar-refractivity contribution in [3.05, 3.63) is 5.32 Å². The summed E-state index contributed by atoms with van der Waals surface area (Å²) in [5.74, 6) is 0.0278. The Morgan fingerprint density at radius 2 is 2.11 bits per heavy atom. The Kier molecular flexibility index (Phi) is 6.63. The van der Waals surface area contributed by atoms with Crippen molar-refractivity contribution in [2.45, 2.75) is 12.1 Å². The molecule has 1 aliphatic heterocycles. The van der Waals surface area contributed by atoms with Gasteiger partial charge in [0.2, 0.25) is 5.95 Å². The predicted molar refractivity (Wildman–Crippen MR) is 66.9 cm³/mol. The first kappa shape index (κ1) is 16.8. The molecule has 0 bridgehead atoms. The van der Waals surface area contributed by atoms with Crippen molar-refractivity contribution >= 4 is 35.6 Å². The maximum Gasteiger partial charge on any atom is 1.00 e. The van der Waals surface area contributed by atoms with Gasteiger partial charge < -0.3 is 15.5 Å². The van der Waals surface area contributed by atoms with E-state index in [-0.39, 0.29) is 63.9 Å². The van der Waals surface area contributed by atoms with Gasteiger partial charge in [-0.2, -0.15) is 9.97 Å². The maximum atomic E-state index is 11.5. The van der Waals surface area contributed by atoms with E-state index in [2.05, 4.69) is 25.6 Å². The Bertz CT molecular complexity index is 500. The van der Waals surface area contributed by atoms with Gasteiger partial charge in [-0.15, -0.1) is 0 Å². The maximum absolute atomic E-state index is 11.5. The molecule has 0 radical (unpaired) electrons. The molecule has 1 aromatic rings. The summed E-state index contributed by atoms with van der Waals surface area (Å²) in [6, 6.07) is -0.638. The molecule has 0 unspecified atom stereocenters. The van der Waals surface area contributed by atoms with Gasteiger partial charge in [-0.1, -0.05) is 11.8 Å². The number of urea groups is 1. The molecule has 0 aliphatic carbocycles. The van der Waals surface area contributed by atoms with Gasteiger partial charge in [-0.3, -0.25) is 9.59 Å². The van der Waals surface area contributed by atoms with Gasteiger partial charge in [0.25, 0.3) is 0 Å². The molecule has 0 atom stereocenters. The van der Waals surface area contributed by atoms with Crippen molar-refractivity contribution < 1.29 is 61.0 Å². The van der Waals surface area contributed by atoms with Crippen LogP contribution in [0.25, 0.3) is 5.32 Å². The van der Waals surface area contributed by atoms with Gasteiger partial charge in [0.1, 0.15) is 5.91 Å². The molecule has 3 amide bonds. The molecule has 1 saturated heterocycles. The summed E-state index contributed by atoms with van der Waals surface area (Å²) in [6.45, 7) is 2.43. The first-order valence-corrected chi connectivity index (χ1v) is 6.46. The van der Waals surface area contributed by atoms with Crippen LogP contribution in [0.4, 0.5) is 16.7 Å². The van der Waals surface area contributed by atoms with E-state index in [0.717, 1.165) is 4.90 Å². The third-order valence-corrected chi connectivity index (χ3v) is 2.65. The van der Waals surface area contributed by atoms with Crippen molar-refractivity contribution in [1.82, 2.24) is 15.0 Å². The Labute approximate surface area is 157 Å². The standard InChI is InChI=1S/C9H12N6O2S.K/c1-3-10-6-12-7(14-8(13-6)18-2)15-4-5(16)11-9(15)17;/h3-4H2,1-2H3,(H2,10,11,12,13,14,16,17);/q;+1/p-1. The average molecular weight is 306 g/mol. The number of hydrogen-bond donors (Lipinski definition) is 1.